The molecule has 1 aliphatic heterocycles. The van der Waals surface area contributed by atoms with Crippen molar-refractivity contribution in [2.75, 3.05) is 20.2 Å². The van der Waals surface area contributed by atoms with Crippen LogP contribution >= 0.6 is 0 Å². The van der Waals surface area contributed by atoms with Crippen LogP contribution in [0.1, 0.15) is 34.5 Å². The summed E-state index contributed by atoms with van der Waals surface area (Å²) in [5, 5.41) is 7.36. The molecule has 32 heavy (non-hydrogen) atoms. The van der Waals surface area contributed by atoms with Gasteiger partial charge in [0.05, 0.1) is 23.9 Å². The van der Waals surface area contributed by atoms with E-state index in [9.17, 15) is 9.59 Å². The second-order valence-electron chi connectivity index (χ2n) is 8.27. The van der Waals surface area contributed by atoms with Gasteiger partial charge in [-0.2, -0.15) is 5.10 Å². The molecule has 2 aromatic heterocycles. The first-order valence-corrected chi connectivity index (χ1v) is 10.9. The number of hydrogen-bond acceptors (Lipinski definition) is 5. The molecule has 1 aliphatic carbocycles. The number of rotatable bonds is 7. The van der Waals surface area contributed by atoms with Gasteiger partial charge in [-0.05, 0) is 38.0 Å². The Morgan fingerprint density at radius 3 is 2.88 bits per heavy atom. The lowest BCUT2D eigenvalue weighted by Gasteiger charge is -2.25. The highest BCUT2D eigenvalue weighted by atomic mass is 16.5. The standard InChI is InChI=1S/C24H26N4O4/c1-15-21(18-7-3-4-12-28(18)26-15)23(29)25-11-13-27(17-9-10-17)24(30)20-14-16-6-5-8-19(31-2)22(16)32-20/h3-8,12,17,20H,9-11,13-14H2,1-2H3,(H,25,29). The fourth-order valence-corrected chi connectivity index (χ4v) is 4.36. The van der Waals surface area contributed by atoms with Crippen molar-refractivity contribution in [2.24, 2.45) is 0 Å². The summed E-state index contributed by atoms with van der Waals surface area (Å²) in [6.07, 6.45) is 3.76. The predicted molar refractivity (Wildman–Crippen MR) is 118 cm³/mol. The van der Waals surface area contributed by atoms with E-state index in [0.717, 1.165) is 23.9 Å². The number of nitrogens with one attached hydrogen (secondary N) is 1. The lowest BCUT2D eigenvalue weighted by molar-refractivity contribution is -0.138. The summed E-state index contributed by atoms with van der Waals surface area (Å²) < 4.78 is 13.1. The number of amides is 2. The van der Waals surface area contributed by atoms with E-state index >= 15 is 0 Å². The number of aryl methyl sites for hydroxylation is 1. The minimum absolute atomic E-state index is 0.0350. The van der Waals surface area contributed by atoms with Crippen molar-refractivity contribution in [1.82, 2.24) is 19.8 Å². The van der Waals surface area contributed by atoms with Gasteiger partial charge in [0, 0.05) is 37.3 Å². The monoisotopic (exact) mass is 434 g/mol. The fourth-order valence-electron chi connectivity index (χ4n) is 4.36. The number of carbonyl (C=O) groups is 2. The van der Waals surface area contributed by atoms with E-state index in [1.165, 1.54) is 0 Å². The molecule has 2 amide bonds. The Labute approximate surface area is 186 Å². The van der Waals surface area contributed by atoms with E-state index in [-0.39, 0.29) is 17.9 Å². The van der Waals surface area contributed by atoms with Crippen molar-refractivity contribution in [1.29, 1.82) is 0 Å². The first kappa shape index (κ1) is 20.4. The highest BCUT2D eigenvalue weighted by Crippen LogP contribution is 2.39. The summed E-state index contributed by atoms with van der Waals surface area (Å²) in [5.41, 5.74) is 2.99. The predicted octanol–water partition coefficient (Wildman–Crippen LogP) is 2.38. The van der Waals surface area contributed by atoms with E-state index < -0.39 is 6.10 Å². The van der Waals surface area contributed by atoms with E-state index in [0.29, 0.717) is 42.3 Å². The van der Waals surface area contributed by atoms with Crippen LogP contribution in [0.3, 0.4) is 0 Å². The second-order valence-corrected chi connectivity index (χ2v) is 8.27. The quantitative estimate of drug-likeness (QED) is 0.617. The van der Waals surface area contributed by atoms with Crippen LogP contribution < -0.4 is 14.8 Å². The third-order valence-electron chi connectivity index (χ3n) is 6.07. The number of pyridine rings is 1. The highest BCUT2D eigenvalue weighted by molar-refractivity contribution is 6.02. The smallest absolute Gasteiger partial charge is 0.264 e. The van der Waals surface area contributed by atoms with Gasteiger partial charge in [-0.15, -0.1) is 0 Å². The molecule has 1 atom stereocenters. The lowest BCUT2D eigenvalue weighted by atomic mass is 10.1. The average Bonchev–Trinajstić information content (AvgIpc) is 3.44. The normalized spacial score (nSPS) is 17.0. The van der Waals surface area contributed by atoms with E-state index in [4.69, 9.17) is 9.47 Å². The van der Waals surface area contributed by atoms with Crippen LogP contribution in [-0.2, 0) is 11.2 Å². The molecule has 0 spiro atoms. The van der Waals surface area contributed by atoms with Gasteiger partial charge < -0.3 is 19.7 Å². The molecule has 1 saturated carbocycles. The zero-order valence-electron chi connectivity index (χ0n) is 18.2. The van der Waals surface area contributed by atoms with Gasteiger partial charge in [0.15, 0.2) is 17.6 Å². The van der Waals surface area contributed by atoms with Crippen molar-refractivity contribution < 1.29 is 19.1 Å². The minimum atomic E-state index is -0.556. The molecular weight excluding hydrogens is 408 g/mol. The van der Waals surface area contributed by atoms with Crippen LogP contribution in [0.2, 0.25) is 0 Å². The van der Waals surface area contributed by atoms with E-state index in [1.807, 2.05) is 54.4 Å². The Morgan fingerprint density at radius 2 is 2.09 bits per heavy atom. The zero-order chi connectivity index (χ0) is 22.2. The van der Waals surface area contributed by atoms with Crippen LogP contribution in [0.4, 0.5) is 0 Å². The molecule has 8 nitrogen and oxygen atoms in total. The average molecular weight is 434 g/mol. The SMILES string of the molecule is COc1cccc2c1OC(C(=O)N(CCNC(=O)c1c(C)nn3ccccc13)C1CC1)C2. The molecule has 8 heteroatoms. The van der Waals surface area contributed by atoms with Gasteiger partial charge in [0.25, 0.3) is 11.8 Å². The molecule has 3 aromatic rings. The van der Waals surface area contributed by atoms with Crippen molar-refractivity contribution in [3.63, 3.8) is 0 Å². The van der Waals surface area contributed by atoms with Gasteiger partial charge in [0.1, 0.15) is 0 Å². The molecule has 2 aliphatic rings. The highest BCUT2D eigenvalue weighted by Gasteiger charge is 2.39. The molecule has 3 heterocycles. The van der Waals surface area contributed by atoms with Crippen LogP contribution in [-0.4, -0.2) is 58.7 Å². The van der Waals surface area contributed by atoms with Gasteiger partial charge in [-0.1, -0.05) is 18.2 Å². The third kappa shape index (κ3) is 3.66. The molecule has 0 radical (unpaired) electrons. The molecule has 0 bridgehead atoms. The van der Waals surface area contributed by atoms with Crippen LogP contribution in [0, 0.1) is 6.92 Å². The zero-order valence-corrected chi connectivity index (χ0v) is 18.2. The molecular formula is C24H26N4O4. The number of ether oxygens (including phenoxy) is 2. The van der Waals surface area contributed by atoms with Crippen LogP contribution in [0.15, 0.2) is 42.6 Å². The summed E-state index contributed by atoms with van der Waals surface area (Å²) in [4.78, 5) is 28.0. The number of methoxy groups -OCH3 is 1. The minimum Gasteiger partial charge on any atom is -0.493 e. The summed E-state index contributed by atoms with van der Waals surface area (Å²) >= 11 is 0. The van der Waals surface area contributed by atoms with Crippen molar-refractivity contribution in [3.05, 3.63) is 59.4 Å². The molecule has 1 unspecified atom stereocenters. The first-order valence-electron chi connectivity index (χ1n) is 10.9. The van der Waals surface area contributed by atoms with Crippen LogP contribution in [0.25, 0.3) is 5.52 Å². The van der Waals surface area contributed by atoms with Gasteiger partial charge >= 0.3 is 0 Å². The second kappa shape index (κ2) is 8.18. The maximum absolute atomic E-state index is 13.3. The fraction of sp³-hybridized carbons (Fsp3) is 0.375. The van der Waals surface area contributed by atoms with Crippen LogP contribution in [0.5, 0.6) is 11.5 Å². The Morgan fingerprint density at radius 1 is 1.25 bits per heavy atom. The molecule has 5 rings (SSSR count). The molecule has 0 saturated heterocycles. The number of nitrogens with zero attached hydrogens (tertiary/aromatic N) is 3. The van der Waals surface area contributed by atoms with Crippen molar-refractivity contribution >= 4 is 17.3 Å². The summed E-state index contributed by atoms with van der Waals surface area (Å²) in [7, 11) is 1.60. The Kier molecular flexibility index (Phi) is 5.20. The Bertz CT molecular complexity index is 1180. The number of aromatic nitrogens is 2. The Hall–Kier alpha value is -3.55. The van der Waals surface area contributed by atoms with Gasteiger partial charge in [-0.3, -0.25) is 9.59 Å². The number of carbonyl (C=O) groups excluding carboxylic acids is 2. The lowest BCUT2D eigenvalue weighted by Crippen LogP contribution is -2.46. The van der Waals surface area contributed by atoms with Gasteiger partial charge in [-0.25, -0.2) is 4.52 Å². The maximum atomic E-state index is 13.3. The Balaban J connectivity index is 1.24. The molecule has 166 valence electrons. The maximum Gasteiger partial charge on any atom is 0.264 e. The summed E-state index contributed by atoms with van der Waals surface area (Å²) in [6, 6.07) is 11.6. The largest absolute Gasteiger partial charge is 0.493 e. The summed E-state index contributed by atoms with van der Waals surface area (Å²) in [5.74, 6) is 1.08. The number of benzene rings is 1. The number of para-hydroxylation sites is 1. The number of fused-ring (bicyclic) bond motifs is 2. The third-order valence-corrected chi connectivity index (χ3v) is 6.07. The number of hydrogen-bond donors (Lipinski definition) is 1. The molecule has 1 aromatic carbocycles. The first-order chi connectivity index (χ1) is 15.6. The van der Waals surface area contributed by atoms with Crippen molar-refractivity contribution in [3.8, 4) is 11.5 Å². The topological polar surface area (TPSA) is 85.2 Å². The van der Waals surface area contributed by atoms with Crippen molar-refractivity contribution in [2.45, 2.75) is 38.3 Å². The molecule has 1 N–H and O–H groups in total. The summed E-state index contributed by atoms with van der Waals surface area (Å²) in [6.45, 7) is 2.64. The van der Waals surface area contributed by atoms with E-state index in [2.05, 4.69) is 10.4 Å². The van der Waals surface area contributed by atoms with E-state index in [1.54, 1.807) is 11.6 Å². The molecule has 1 fully saturated rings. The van der Waals surface area contributed by atoms with Gasteiger partial charge in [0.2, 0.25) is 0 Å².